The Hall–Kier alpha value is -1.37. The summed E-state index contributed by atoms with van der Waals surface area (Å²) in [7, 11) is 0. The van der Waals surface area contributed by atoms with E-state index < -0.39 is 0 Å². The smallest absolute Gasteiger partial charge is 0.152 e. The van der Waals surface area contributed by atoms with Gasteiger partial charge in [-0.3, -0.25) is 4.79 Å². The molecule has 0 atom stereocenters. The van der Waals surface area contributed by atoms with Gasteiger partial charge < -0.3 is 0 Å². The number of aryl methyl sites for hydroxylation is 1. The highest BCUT2D eigenvalue weighted by molar-refractivity contribution is 5.91. The van der Waals surface area contributed by atoms with E-state index in [2.05, 4.69) is 31.2 Å². The molecular formula is C16H22O. The van der Waals surface area contributed by atoms with Crippen LogP contribution in [0, 0.1) is 0 Å². The molecule has 1 heteroatoms. The normalized spacial score (nSPS) is 10.9. The van der Waals surface area contributed by atoms with Crippen molar-refractivity contribution in [2.75, 3.05) is 0 Å². The van der Waals surface area contributed by atoms with Crippen molar-refractivity contribution in [2.24, 2.45) is 0 Å². The summed E-state index contributed by atoms with van der Waals surface area (Å²) < 4.78 is 0. The number of unbranched alkanes of at least 4 members (excludes halogenated alkanes) is 3. The van der Waals surface area contributed by atoms with E-state index in [1.165, 1.54) is 31.2 Å². The molecule has 0 bridgehead atoms. The Morgan fingerprint density at radius 2 is 1.82 bits per heavy atom. The van der Waals surface area contributed by atoms with Gasteiger partial charge in [0, 0.05) is 0 Å². The van der Waals surface area contributed by atoms with E-state index in [4.69, 9.17) is 0 Å². The minimum absolute atomic E-state index is 0.0913. The van der Waals surface area contributed by atoms with Gasteiger partial charge in [0.1, 0.15) is 0 Å². The van der Waals surface area contributed by atoms with Crippen LogP contribution < -0.4 is 0 Å². The lowest BCUT2D eigenvalue weighted by molar-refractivity contribution is -0.112. The molecule has 0 radical (unpaired) electrons. The SMILES string of the molecule is CCCCCCc1ccc(/C=C/C(C)=O)cc1. The summed E-state index contributed by atoms with van der Waals surface area (Å²) in [6, 6.07) is 8.47. The summed E-state index contributed by atoms with van der Waals surface area (Å²) in [5.74, 6) is 0.0913. The fourth-order valence-electron chi connectivity index (χ4n) is 1.76. The molecule has 0 unspecified atom stereocenters. The van der Waals surface area contributed by atoms with Crippen molar-refractivity contribution < 1.29 is 4.79 Å². The molecular weight excluding hydrogens is 208 g/mol. The van der Waals surface area contributed by atoms with Crippen LogP contribution in [0.3, 0.4) is 0 Å². The largest absolute Gasteiger partial charge is 0.295 e. The molecule has 1 aromatic rings. The Morgan fingerprint density at radius 1 is 1.12 bits per heavy atom. The molecule has 0 saturated heterocycles. The van der Waals surface area contributed by atoms with Gasteiger partial charge >= 0.3 is 0 Å². The summed E-state index contributed by atoms with van der Waals surface area (Å²) in [6.45, 7) is 3.80. The molecule has 0 spiro atoms. The number of ketones is 1. The van der Waals surface area contributed by atoms with Crippen molar-refractivity contribution in [3.63, 3.8) is 0 Å². The van der Waals surface area contributed by atoms with Gasteiger partial charge in [-0.2, -0.15) is 0 Å². The quantitative estimate of drug-likeness (QED) is 0.501. The van der Waals surface area contributed by atoms with Gasteiger partial charge in [0.2, 0.25) is 0 Å². The Bertz CT molecular complexity index is 360. The zero-order chi connectivity index (χ0) is 12.5. The summed E-state index contributed by atoms with van der Waals surface area (Å²) >= 11 is 0. The van der Waals surface area contributed by atoms with Gasteiger partial charge in [0.25, 0.3) is 0 Å². The van der Waals surface area contributed by atoms with Crippen LogP contribution in [0.2, 0.25) is 0 Å². The first-order valence-electron chi connectivity index (χ1n) is 6.50. The predicted molar refractivity (Wildman–Crippen MR) is 74.0 cm³/mol. The second kappa shape index (κ2) is 7.83. The van der Waals surface area contributed by atoms with Crippen LogP contribution in [-0.2, 0) is 11.2 Å². The van der Waals surface area contributed by atoms with Gasteiger partial charge in [-0.15, -0.1) is 0 Å². The van der Waals surface area contributed by atoms with Crippen molar-refractivity contribution in [3.05, 3.63) is 41.5 Å². The maximum Gasteiger partial charge on any atom is 0.152 e. The molecule has 0 saturated carbocycles. The van der Waals surface area contributed by atoms with E-state index >= 15 is 0 Å². The van der Waals surface area contributed by atoms with Gasteiger partial charge in [0.05, 0.1) is 0 Å². The molecule has 0 amide bonds. The number of benzene rings is 1. The number of carbonyl (C=O) groups excluding carboxylic acids is 1. The average Bonchev–Trinajstić information content (AvgIpc) is 2.33. The zero-order valence-electron chi connectivity index (χ0n) is 10.9. The lowest BCUT2D eigenvalue weighted by Gasteiger charge is -2.01. The molecule has 0 aliphatic heterocycles. The molecule has 0 N–H and O–H groups in total. The van der Waals surface area contributed by atoms with Gasteiger partial charge in [-0.25, -0.2) is 0 Å². The Kier molecular flexibility index (Phi) is 6.31. The molecule has 0 aromatic heterocycles. The number of rotatable bonds is 7. The second-order valence-corrected chi connectivity index (χ2v) is 4.50. The maximum atomic E-state index is 10.8. The molecule has 92 valence electrons. The molecule has 0 aliphatic rings. The topological polar surface area (TPSA) is 17.1 Å². The second-order valence-electron chi connectivity index (χ2n) is 4.50. The van der Waals surface area contributed by atoms with Crippen molar-refractivity contribution >= 4 is 11.9 Å². The lowest BCUT2D eigenvalue weighted by Crippen LogP contribution is -1.86. The fraction of sp³-hybridized carbons (Fsp3) is 0.438. The van der Waals surface area contributed by atoms with E-state index in [0.717, 1.165) is 12.0 Å². The molecule has 1 nitrogen and oxygen atoms in total. The van der Waals surface area contributed by atoms with E-state index in [9.17, 15) is 4.79 Å². The summed E-state index contributed by atoms with van der Waals surface area (Å²) in [4.78, 5) is 10.8. The molecule has 0 heterocycles. The van der Waals surface area contributed by atoms with Crippen LogP contribution in [-0.4, -0.2) is 5.78 Å². The average molecular weight is 230 g/mol. The zero-order valence-corrected chi connectivity index (χ0v) is 10.9. The molecule has 0 aliphatic carbocycles. The third-order valence-electron chi connectivity index (χ3n) is 2.81. The van der Waals surface area contributed by atoms with Crippen LogP contribution >= 0.6 is 0 Å². The molecule has 1 aromatic carbocycles. The summed E-state index contributed by atoms with van der Waals surface area (Å²) in [6.07, 6.45) is 9.85. The van der Waals surface area contributed by atoms with Gasteiger partial charge in [-0.1, -0.05) is 56.5 Å². The van der Waals surface area contributed by atoms with Crippen molar-refractivity contribution in [2.45, 2.75) is 46.0 Å². The van der Waals surface area contributed by atoms with Crippen LogP contribution in [0.1, 0.15) is 50.7 Å². The Balaban J connectivity index is 2.42. The standard InChI is InChI=1S/C16H22O/c1-3-4-5-6-7-15-10-12-16(13-11-15)9-8-14(2)17/h8-13H,3-7H2,1-2H3/b9-8+. The highest BCUT2D eigenvalue weighted by Gasteiger charge is 1.94. The van der Waals surface area contributed by atoms with Crippen molar-refractivity contribution in [1.29, 1.82) is 0 Å². The van der Waals surface area contributed by atoms with Crippen LogP contribution in [0.25, 0.3) is 6.08 Å². The number of hydrogen-bond acceptors (Lipinski definition) is 1. The predicted octanol–water partition coefficient (Wildman–Crippen LogP) is 4.41. The fourth-order valence-corrected chi connectivity index (χ4v) is 1.76. The van der Waals surface area contributed by atoms with E-state index in [1.54, 1.807) is 13.0 Å². The minimum atomic E-state index is 0.0913. The number of allylic oxidation sites excluding steroid dienone is 1. The first-order chi connectivity index (χ1) is 8.22. The number of hydrogen-bond donors (Lipinski definition) is 0. The lowest BCUT2D eigenvalue weighted by atomic mass is 10.0. The van der Waals surface area contributed by atoms with Crippen molar-refractivity contribution in [3.8, 4) is 0 Å². The van der Waals surface area contributed by atoms with E-state index in [1.807, 2.05) is 6.08 Å². The van der Waals surface area contributed by atoms with E-state index in [-0.39, 0.29) is 5.78 Å². The van der Waals surface area contributed by atoms with Crippen LogP contribution in [0.5, 0.6) is 0 Å². The minimum Gasteiger partial charge on any atom is -0.295 e. The van der Waals surface area contributed by atoms with Gasteiger partial charge in [-0.05, 0) is 37.0 Å². The third kappa shape index (κ3) is 6.06. The van der Waals surface area contributed by atoms with Crippen LogP contribution in [0.15, 0.2) is 30.3 Å². The van der Waals surface area contributed by atoms with Crippen molar-refractivity contribution in [1.82, 2.24) is 0 Å². The van der Waals surface area contributed by atoms with E-state index in [0.29, 0.717) is 0 Å². The highest BCUT2D eigenvalue weighted by atomic mass is 16.1. The summed E-state index contributed by atoms with van der Waals surface area (Å²) in [5, 5.41) is 0. The Labute approximate surface area is 105 Å². The maximum absolute atomic E-state index is 10.8. The Morgan fingerprint density at radius 3 is 2.41 bits per heavy atom. The summed E-state index contributed by atoms with van der Waals surface area (Å²) in [5.41, 5.74) is 2.48. The molecule has 1 rings (SSSR count). The first kappa shape index (κ1) is 13.7. The number of carbonyl (C=O) groups is 1. The third-order valence-corrected chi connectivity index (χ3v) is 2.81. The van der Waals surface area contributed by atoms with Crippen LogP contribution in [0.4, 0.5) is 0 Å². The monoisotopic (exact) mass is 230 g/mol. The first-order valence-corrected chi connectivity index (χ1v) is 6.50. The molecule has 0 fully saturated rings. The highest BCUT2D eigenvalue weighted by Crippen LogP contribution is 2.10. The van der Waals surface area contributed by atoms with Gasteiger partial charge in [0.15, 0.2) is 5.78 Å². The molecule has 17 heavy (non-hydrogen) atoms.